The van der Waals surface area contributed by atoms with Crippen molar-refractivity contribution in [1.29, 1.82) is 0 Å². The number of amides is 1. The number of carbonyl (C=O) groups is 1. The van der Waals surface area contributed by atoms with E-state index in [9.17, 15) is 4.79 Å². The smallest absolute Gasteiger partial charge is 0.407 e. The molecular weight excluding hydrogens is 409 g/mol. The summed E-state index contributed by atoms with van der Waals surface area (Å²) >= 11 is 0. The van der Waals surface area contributed by atoms with Crippen LogP contribution in [-0.2, 0) is 17.8 Å². The number of carbonyl (C=O) groups excluding carboxylic acids is 1. The molecule has 29 heavy (non-hydrogen) atoms. The Morgan fingerprint density at radius 2 is 1.24 bits per heavy atom. The number of benzene rings is 2. The Morgan fingerprint density at radius 3 is 1.69 bits per heavy atom. The van der Waals surface area contributed by atoms with E-state index in [1.807, 2.05) is 67.6 Å². The van der Waals surface area contributed by atoms with Crippen LogP contribution in [0.4, 0.5) is 4.79 Å². The Labute approximate surface area is 188 Å². The maximum absolute atomic E-state index is 11.7. The van der Waals surface area contributed by atoms with Crippen LogP contribution in [0.5, 0.6) is 0 Å². The molecule has 7 heteroatoms. The van der Waals surface area contributed by atoms with Gasteiger partial charge in [-0.25, -0.2) is 4.79 Å². The van der Waals surface area contributed by atoms with Crippen molar-refractivity contribution in [1.82, 2.24) is 17.6 Å². The van der Waals surface area contributed by atoms with Gasteiger partial charge in [0.15, 0.2) is 0 Å². The summed E-state index contributed by atoms with van der Waals surface area (Å²) in [7, 11) is 0. The number of hydrogen-bond acceptors (Lipinski definition) is 4. The Bertz CT molecular complexity index is 604. The predicted octanol–water partition coefficient (Wildman–Crippen LogP) is 6.66. The van der Waals surface area contributed by atoms with Gasteiger partial charge < -0.3 is 22.4 Å². The minimum atomic E-state index is -0.378. The molecule has 0 aliphatic heterocycles. The molecule has 1 aliphatic rings. The van der Waals surface area contributed by atoms with E-state index in [4.69, 9.17) is 4.74 Å². The summed E-state index contributed by atoms with van der Waals surface area (Å²) in [4.78, 5) is 11.7. The SMILES string of the molecule is C1CCCC1.CC(Cc1ccccc1)NC(=O)OCc1ccccc1.Cl.Cl.N.N. The monoisotopic (exact) mass is 445 g/mol. The van der Waals surface area contributed by atoms with Crippen molar-refractivity contribution in [2.45, 2.75) is 58.1 Å². The second-order valence-corrected chi connectivity index (χ2v) is 6.56. The number of hydrogen-bond donors (Lipinski definition) is 3. The zero-order chi connectivity index (χ0) is 17.7. The first-order valence-electron chi connectivity index (χ1n) is 9.25. The van der Waals surface area contributed by atoms with Crippen molar-refractivity contribution >= 4 is 30.9 Å². The van der Waals surface area contributed by atoms with Crippen LogP contribution in [0.15, 0.2) is 60.7 Å². The topological polar surface area (TPSA) is 108 Å². The van der Waals surface area contributed by atoms with Crippen molar-refractivity contribution in [2.75, 3.05) is 0 Å². The lowest BCUT2D eigenvalue weighted by Gasteiger charge is -2.14. The minimum Gasteiger partial charge on any atom is -0.445 e. The van der Waals surface area contributed by atoms with E-state index in [1.165, 1.54) is 37.7 Å². The van der Waals surface area contributed by atoms with E-state index in [0.717, 1.165) is 12.0 Å². The molecule has 0 bridgehead atoms. The van der Waals surface area contributed by atoms with E-state index < -0.39 is 0 Å². The molecule has 7 N–H and O–H groups in total. The van der Waals surface area contributed by atoms with Gasteiger partial charge in [0.1, 0.15) is 6.61 Å². The number of alkyl carbamates (subject to hydrolysis) is 1. The van der Waals surface area contributed by atoms with Crippen LogP contribution in [0, 0.1) is 0 Å². The summed E-state index contributed by atoms with van der Waals surface area (Å²) in [5.41, 5.74) is 2.18. The molecule has 0 heterocycles. The lowest BCUT2D eigenvalue weighted by molar-refractivity contribution is 0.136. The second-order valence-electron chi connectivity index (χ2n) is 6.56. The fourth-order valence-electron chi connectivity index (χ4n) is 2.87. The molecule has 1 atom stereocenters. The highest BCUT2D eigenvalue weighted by Gasteiger charge is 2.09. The van der Waals surface area contributed by atoms with Crippen LogP contribution in [0.1, 0.15) is 50.2 Å². The Balaban J connectivity index is -0.000000661. The third kappa shape index (κ3) is 14.8. The first kappa shape index (κ1) is 31.9. The van der Waals surface area contributed by atoms with Gasteiger partial charge in [-0.2, -0.15) is 0 Å². The van der Waals surface area contributed by atoms with Gasteiger partial charge in [-0.3, -0.25) is 0 Å². The van der Waals surface area contributed by atoms with E-state index in [-0.39, 0.29) is 49.3 Å². The van der Waals surface area contributed by atoms with Crippen LogP contribution in [0.3, 0.4) is 0 Å². The van der Waals surface area contributed by atoms with Crippen LogP contribution < -0.4 is 17.6 Å². The van der Waals surface area contributed by atoms with Gasteiger partial charge in [0.2, 0.25) is 0 Å². The van der Waals surface area contributed by atoms with Gasteiger partial charge in [-0.1, -0.05) is 92.8 Å². The lowest BCUT2D eigenvalue weighted by Crippen LogP contribution is -2.34. The van der Waals surface area contributed by atoms with Crippen LogP contribution >= 0.6 is 24.8 Å². The van der Waals surface area contributed by atoms with Gasteiger partial charge in [0, 0.05) is 6.04 Å². The molecule has 1 unspecified atom stereocenters. The maximum atomic E-state index is 11.7. The second kappa shape index (κ2) is 19.5. The molecule has 3 rings (SSSR count). The van der Waals surface area contributed by atoms with Crippen molar-refractivity contribution in [3.05, 3.63) is 71.8 Å². The third-order valence-electron chi connectivity index (χ3n) is 4.21. The first-order valence-corrected chi connectivity index (χ1v) is 9.25. The summed E-state index contributed by atoms with van der Waals surface area (Å²) < 4.78 is 5.19. The van der Waals surface area contributed by atoms with E-state index in [2.05, 4.69) is 5.32 Å². The van der Waals surface area contributed by atoms with E-state index in [0.29, 0.717) is 6.61 Å². The number of halogens is 2. The standard InChI is InChI=1S/C17H19NO2.C5H10.2ClH.2H3N/c1-14(12-15-8-4-2-5-9-15)18-17(19)20-13-16-10-6-3-7-11-16;1-2-4-5-3-1;;;;/h2-11,14H,12-13H2,1H3,(H,18,19);1-5H2;2*1H;2*1H3. The summed E-state index contributed by atoms with van der Waals surface area (Å²) in [5.74, 6) is 0. The summed E-state index contributed by atoms with van der Waals surface area (Å²) in [6.45, 7) is 2.27. The van der Waals surface area contributed by atoms with Gasteiger partial charge in [-0.05, 0) is 24.5 Å². The molecule has 0 spiro atoms. The molecular formula is C22H37Cl2N3O2. The maximum Gasteiger partial charge on any atom is 0.407 e. The van der Waals surface area contributed by atoms with Crippen molar-refractivity contribution in [3.63, 3.8) is 0 Å². The Hall–Kier alpha value is -1.79. The zero-order valence-electron chi connectivity index (χ0n) is 17.3. The average molecular weight is 446 g/mol. The molecule has 1 aliphatic carbocycles. The molecule has 166 valence electrons. The molecule has 1 saturated carbocycles. The van der Waals surface area contributed by atoms with Crippen molar-refractivity contribution < 1.29 is 9.53 Å². The highest BCUT2D eigenvalue weighted by molar-refractivity contribution is 5.85. The molecule has 2 aromatic rings. The third-order valence-corrected chi connectivity index (χ3v) is 4.21. The fraction of sp³-hybridized carbons (Fsp3) is 0.409. The average Bonchev–Trinajstić information content (AvgIpc) is 3.22. The molecule has 1 fully saturated rings. The highest BCUT2D eigenvalue weighted by atomic mass is 35.5. The van der Waals surface area contributed by atoms with Crippen molar-refractivity contribution in [3.8, 4) is 0 Å². The molecule has 5 nitrogen and oxygen atoms in total. The molecule has 1 amide bonds. The predicted molar refractivity (Wildman–Crippen MR) is 127 cm³/mol. The Morgan fingerprint density at radius 1 is 0.828 bits per heavy atom. The number of ether oxygens (including phenoxy) is 1. The van der Waals surface area contributed by atoms with Crippen molar-refractivity contribution in [2.24, 2.45) is 0 Å². The minimum absolute atomic E-state index is 0. The van der Waals surface area contributed by atoms with Gasteiger partial charge in [0.05, 0.1) is 0 Å². The molecule has 0 saturated heterocycles. The summed E-state index contributed by atoms with van der Waals surface area (Å²) in [6, 6.07) is 19.8. The highest BCUT2D eigenvalue weighted by Crippen LogP contribution is 2.15. The van der Waals surface area contributed by atoms with E-state index in [1.54, 1.807) is 0 Å². The molecule has 0 aromatic heterocycles. The lowest BCUT2D eigenvalue weighted by atomic mass is 10.1. The Kier molecular flexibility index (Phi) is 21.5. The first-order chi connectivity index (χ1) is 12.2. The molecule has 2 aromatic carbocycles. The van der Waals surface area contributed by atoms with Gasteiger partial charge >= 0.3 is 6.09 Å². The van der Waals surface area contributed by atoms with E-state index >= 15 is 0 Å². The largest absolute Gasteiger partial charge is 0.445 e. The van der Waals surface area contributed by atoms with Gasteiger partial charge in [-0.15, -0.1) is 24.8 Å². The quantitative estimate of drug-likeness (QED) is 0.477. The summed E-state index contributed by atoms with van der Waals surface area (Å²) in [6.07, 6.45) is 7.92. The van der Waals surface area contributed by atoms with Crippen LogP contribution in [-0.4, -0.2) is 12.1 Å². The van der Waals surface area contributed by atoms with Crippen LogP contribution in [0.2, 0.25) is 0 Å². The molecule has 0 radical (unpaired) electrons. The normalized spacial score (nSPS) is 12.2. The van der Waals surface area contributed by atoms with Crippen LogP contribution in [0.25, 0.3) is 0 Å². The van der Waals surface area contributed by atoms with Gasteiger partial charge in [0.25, 0.3) is 0 Å². The number of nitrogens with one attached hydrogen (secondary N) is 1. The zero-order valence-corrected chi connectivity index (χ0v) is 19.0. The number of rotatable bonds is 5. The fourth-order valence-corrected chi connectivity index (χ4v) is 2.87. The summed E-state index contributed by atoms with van der Waals surface area (Å²) in [5, 5.41) is 2.84.